The summed E-state index contributed by atoms with van der Waals surface area (Å²) in [6.45, 7) is 1.88. The van der Waals surface area contributed by atoms with Crippen molar-refractivity contribution in [3.05, 3.63) is 11.5 Å². The molecule has 0 atom stereocenters. The molecule has 0 radical (unpaired) electrons. The summed E-state index contributed by atoms with van der Waals surface area (Å²) < 4.78 is 26.9. The van der Waals surface area contributed by atoms with E-state index in [1.54, 1.807) is 13.0 Å². The van der Waals surface area contributed by atoms with Crippen LogP contribution in [-0.2, 0) is 14.3 Å². The van der Waals surface area contributed by atoms with Crippen LogP contribution in [0.1, 0.15) is 39.0 Å². The first-order valence-electron chi connectivity index (χ1n) is 5.21. The van der Waals surface area contributed by atoms with Crippen molar-refractivity contribution >= 4 is 10.1 Å². The standard InChI is InChI=1S/C10H18O3S/c1-2-13-14(11,12)9-8-10-6-4-3-5-7-10/h8-10H,2-7H2,1H3/b9-8+. The molecule has 0 N–H and O–H groups in total. The van der Waals surface area contributed by atoms with Crippen LogP contribution >= 0.6 is 0 Å². The van der Waals surface area contributed by atoms with E-state index >= 15 is 0 Å². The second-order valence-electron chi connectivity index (χ2n) is 3.63. The average Bonchev–Trinajstić information content (AvgIpc) is 2.17. The van der Waals surface area contributed by atoms with Crippen LogP contribution in [0, 0.1) is 5.92 Å². The van der Waals surface area contributed by atoms with E-state index in [-0.39, 0.29) is 6.61 Å². The lowest BCUT2D eigenvalue weighted by Crippen LogP contribution is -2.05. The quantitative estimate of drug-likeness (QED) is 0.681. The molecule has 1 aliphatic rings. The van der Waals surface area contributed by atoms with E-state index in [0.29, 0.717) is 5.92 Å². The van der Waals surface area contributed by atoms with Gasteiger partial charge in [0.25, 0.3) is 10.1 Å². The molecule has 0 unspecified atom stereocenters. The van der Waals surface area contributed by atoms with Crippen molar-refractivity contribution in [2.24, 2.45) is 5.92 Å². The Morgan fingerprint density at radius 3 is 2.50 bits per heavy atom. The summed E-state index contributed by atoms with van der Waals surface area (Å²) in [5, 5.41) is 1.21. The minimum absolute atomic E-state index is 0.206. The number of hydrogen-bond donors (Lipinski definition) is 0. The first-order valence-corrected chi connectivity index (χ1v) is 6.69. The zero-order valence-corrected chi connectivity index (χ0v) is 9.42. The molecular weight excluding hydrogens is 200 g/mol. The number of hydrogen-bond acceptors (Lipinski definition) is 3. The zero-order chi connectivity index (χ0) is 10.4. The average molecular weight is 218 g/mol. The number of rotatable bonds is 4. The van der Waals surface area contributed by atoms with E-state index in [1.165, 1.54) is 24.7 Å². The van der Waals surface area contributed by atoms with E-state index in [1.807, 2.05) is 0 Å². The van der Waals surface area contributed by atoms with Gasteiger partial charge in [-0.05, 0) is 25.7 Å². The van der Waals surface area contributed by atoms with Crippen LogP contribution in [0.15, 0.2) is 11.5 Å². The molecule has 1 rings (SSSR count). The molecule has 0 aromatic rings. The third-order valence-electron chi connectivity index (χ3n) is 2.45. The summed E-state index contributed by atoms with van der Waals surface area (Å²) in [6, 6.07) is 0. The molecule has 0 heterocycles. The Morgan fingerprint density at radius 2 is 1.93 bits per heavy atom. The highest BCUT2D eigenvalue weighted by Crippen LogP contribution is 2.24. The third kappa shape index (κ3) is 4.24. The monoisotopic (exact) mass is 218 g/mol. The Hall–Kier alpha value is -0.350. The highest BCUT2D eigenvalue weighted by atomic mass is 32.2. The largest absolute Gasteiger partial charge is 0.289 e. The van der Waals surface area contributed by atoms with Crippen molar-refractivity contribution in [2.45, 2.75) is 39.0 Å². The minimum Gasteiger partial charge on any atom is -0.267 e. The van der Waals surface area contributed by atoms with Crippen LogP contribution in [0.5, 0.6) is 0 Å². The predicted octanol–water partition coefficient (Wildman–Crippen LogP) is 2.45. The molecule has 1 saturated carbocycles. The second-order valence-corrected chi connectivity index (χ2v) is 5.12. The fraction of sp³-hybridized carbons (Fsp3) is 0.800. The zero-order valence-electron chi connectivity index (χ0n) is 8.61. The normalized spacial score (nSPS) is 20.4. The summed E-state index contributed by atoms with van der Waals surface area (Å²) in [4.78, 5) is 0. The summed E-state index contributed by atoms with van der Waals surface area (Å²) >= 11 is 0. The summed E-state index contributed by atoms with van der Waals surface area (Å²) in [5.74, 6) is 0.430. The topological polar surface area (TPSA) is 43.4 Å². The van der Waals surface area contributed by atoms with E-state index in [2.05, 4.69) is 4.18 Å². The van der Waals surface area contributed by atoms with Gasteiger partial charge in [0.1, 0.15) is 0 Å². The van der Waals surface area contributed by atoms with Crippen molar-refractivity contribution < 1.29 is 12.6 Å². The first-order chi connectivity index (χ1) is 6.64. The molecule has 1 fully saturated rings. The second kappa shape index (κ2) is 5.51. The Morgan fingerprint density at radius 1 is 1.29 bits per heavy atom. The molecule has 0 aromatic heterocycles. The molecule has 0 aromatic carbocycles. The van der Waals surface area contributed by atoms with Crippen molar-refractivity contribution in [1.29, 1.82) is 0 Å². The molecule has 0 saturated heterocycles. The van der Waals surface area contributed by atoms with Gasteiger partial charge in [-0.15, -0.1) is 0 Å². The smallest absolute Gasteiger partial charge is 0.267 e. The van der Waals surface area contributed by atoms with E-state index < -0.39 is 10.1 Å². The van der Waals surface area contributed by atoms with Crippen LogP contribution in [0.4, 0.5) is 0 Å². The lowest BCUT2D eigenvalue weighted by atomic mass is 9.90. The Bertz CT molecular complexity index is 274. The molecule has 0 spiro atoms. The maximum Gasteiger partial charge on any atom is 0.289 e. The van der Waals surface area contributed by atoms with Gasteiger partial charge in [-0.25, -0.2) is 0 Å². The van der Waals surface area contributed by atoms with Crippen LogP contribution in [0.25, 0.3) is 0 Å². The predicted molar refractivity (Wildman–Crippen MR) is 56.3 cm³/mol. The van der Waals surface area contributed by atoms with Crippen LogP contribution < -0.4 is 0 Å². The van der Waals surface area contributed by atoms with Gasteiger partial charge in [-0.3, -0.25) is 4.18 Å². The maximum absolute atomic E-state index is 11.2. The highest BCUT2D eigenvalue weighted by molar-refractivity contribution is 7.89. The van der Waals surface area contributed by atoms with E-state index in [4.69, 9.17) is 0 Å². The van der Waals surface area contributed by atoms with Gasteiger partial charge in [0.2, 0.25) is 0 Å². The number of allylic oxidation sites excluding steroid dienone is 1. The fourth-order valence-corrected chi connectivity index (χ4v) is 2.56. The van der Waals surface area contributed by atoms with Gasteiger partial charge >= 0.3 is 0 Å². The van der Waals surface area contributed by atoms with Gasteiger partial charge in [0.05, 0.1) is 12.0 Å². The molecule has 82 valence electrons. The van der Waals surface area contributed by atoms with E-state index in [9.17, 15) is 8.42 Å². The molecule has 1 aliphatic carbocycles. The molecule has 0 amide bonds. The van der Waals surface area contributed by atoms with Gasteiger partial charge in [0, 0.05) is 0 Å². The summed E-state index contributed by atoms with van der Waals surface area (Å²) in [5.41, 5.74) is 0. The Balaban J connectivity index is 2.45. The SMILES string of the molecule is CCOS(=O)(=O)/C=C/C1CCCCC1. The summed E-state index contributed by atoms with van der Waals surface area (Å²) in [7, 11) is -3.41. The lowest BCUT2D eigenvalue weighted by Gasteiger charge is -2.17. The molecule has 0 aliphatic heterocycles. The van der Waals surface area contributed by atoms with Gasteiger partial charge in [0.15, 0.2) is 0 Å². The fourth-order valence-electron chi connectivity index (χ4n) is 1.74. The molecule has 14 heavy (non-hydrogen) atoms. The molecule has 0 bridgehead atoms. The maximum atomic E-state index is 11.2. The molecule has 4 heteroatoms. The summed E-state index contributed by atoms with van der Waals surface area (Å²) in [6.07, 6.45) is 7.70. The van der Waals surface area contributed by atoms with Crippen LogP contribution in [-0.4, -0.2) is 15.0 Å². The first kappa shape index (κ1) is 11.7. The van der Waals surface area contributed by atoms with Gasteiger partial charge in [-0.1, -0.05) is 25.3 Å². The lowest BCUT2D eigenvalue weighted by molar-refractivity contribution is 0.344. The minimum atomic E-state index is -3.41. The highest BCUT2D eigenvalue weighted by Gasteiger charge is 2.12. The van der Waals surface area contributed by atoms with Gasteiger partial charge < -0.3 is 0 Å². The Kier molecular flexibility index (Phi) is 4.62. The van der Waals surface area contributed by atoms with Gasteiger partial charge in [-0.2, -0.15) is 8.42 Å². The molecule has 3 nitrogen and oxygen atoms in total. The van der Waals surface area contributed by atoms with Crippen molar-refractivity contribution in [3.63, 3.8) is 0 Å². The van der Waals surface area contributed by atoms with E-state index in [0.717, 1.165) is 12.8 Å². The Labute approximate surface area is 86.3 Å². The van der Waals surface area contributed by atoms with Crippen molar-refractivity contribution in [2.75, 3.05) is 6.61 Å². The van der Waals surface area contributed by atoms with Crippen LogP contribution in [0.2, 0.25) is 0 Å². The van der Waals surface area contributed by atoms with Crippen LogP contribution in [0.3, 0.4) is 0 Å². The molecular formula is C10H18O3S. The third-order valence-corrected chi connectivity index (χ3v) is 3.50. The van der Waals surface area contributed by atoms with Crippen molar-refractivity contribution in [1.82, 2.24) is 0 Å². The van der Waals surface area contributed by atoms with Crippen molar-refractivity contribution in [3.8, 4) is 0 Å².